The Kier molecular flexibility index (Phi) is 3.28. The topological polar surface area (TPSA) is 24.9 Å². The van der Waals surface area contributed by atoms with Gasteiger partial charge in [0.1, 0.15) is 0 Å². The Bertz CT molecular complexity index is 524. The number of para-hydroxylation sites is 1. The maximum atomic E-state index is 4.46. The smallest absolute Gasteiger partial charge is 0.0704 e. The van der Waals surface area contributed by atoms with Crippen molar-refractivity contribution in [2.75, 3.05) is 13.1 Å². The average molecular weight is 240 g/mol. The third-order valence-electron chi connectivity index (χ3n) is 4.26. The summed E-state index contributed by atoms with van der Waals surface area (Å²) in [6.45, 7) is 4.70. The molecule has 3 rings (SSSR count). The van der Waals surface area contributed by atoms with Crippen LogP contribution in [0.1, 0.15) is 31.2 Å². The molecular weight excluding hydrogens is 220 g/mol. The third-order valence-corrected chi connectivity index (χ3v) is 4.26. The molecule has 1 N–H and O–H groups in total. The highest BCUT2D eigenvalue weighted by Crippen LogP contribution is 2.33. The molecule has 1 fully saturated rings. The largest absolute Gasteiger partial charge is 0.317 e. The molecule has 0 amide bonds. The number of benzene rings is 1. The first-order chi connectivity index (χ1) is 8.86. The summed E-state index contributed by atoms with van der Waals surface area (Å²) in [5, 5.41) is 4.77. The van der Waals surface area contributed by atoms with Crippen LogP contribution in [0.25, 0.3) is 10.9 Å². The lowest BCUT2D eigenvalue weighted by Gasteiger charge is -2.29. The van der Waals surface area contributed by atoms with E-state index < -0.39 is 0 Å². The Morgan fingerprint density at radius 1 is 1.17 bits per heavy atom. The minimum Gasteiger partial charge on any atom is -0.317 e. The van der Waals surface area contributed by atoms with Gasteiger partial charge in [0.05, 0.1) is 5.52 Å². The quantitative estimate of drug-likeness (QED) is 0.871. The number of fused-ring (bicyclic) bond motifs is 1. The molecule has 2 aromatic rings. The molecule has 18 heavy (non-hydrogen) atoms. The Balaban J connectivity index is 1.97. The van der Waals surface area contributed by atoms with E-state index in [4.69, 9.17) is 0 Å². The number of aromatic nitrogens is 1. The molecule has 0 aliphatic carbocycles. The summed E-state index contributed by atoms with van der Waals surface area (Å²) >= 11 is 0. The fourth-order valence-corrected chi connectivity index (χ4v) is 3.11. The predicted molar refractivity (Wildman–Crippen MR) is 75.8 cm³/mol. The van der Waals surface area contributed by atoms with Crippen LogP contribution in [0.4, 0.5) is 0 Å². The maximum Gasteiger partial charge on any atom is 0.0704 e. The van der Waals surface area contributed by atoms with Crippen LogP contribution in [-0.4, -0.2) is 18.1 Å². The van der Waals surface area contributed by atoms with Gasteiger partial charge in [-0.3, -0.25) is 4.98 Å². The summed E-state index contributed by atoms with van der Waals surface area (Å²) in [6.07, 6.45) is 4.53. The fraction of sp³-hybridized carbons (Fsp3) is 0.438. The highest BCUT2D eigenvalue weighted by molar-refractivity contribution is 5.82. The molecule has 1 aromatic heterocycles. The standard InChI is InChI=1S/C16H20N2/c1-12(13-6-9-17-10-7-13)14-8-11-18-16-5-3-2-4-15(14)16/h2-5,8,11-13,17H,6-7,9-10H2,1H3. The molecule has 0 radical (unpaired) electrons. The molecule has 0 bridgehead atoms. The van der Waals surface area contributed by atoms with Gasteiger partial charge in [-0.2, -0.15) is 0 Å². The van der Waals surface area contributed by atoms with Crippen LogP contribution in [-0.2, 0) is 0 Å². The van der Waals surface area contributed by atoms with E-state index in [0.717, 1.165) is 24.5 Å². The molecule has 94 valence electrons. The van der Waals surface area contributed by atoms with Gasteiger partial charge in [-0.25, -0.2) is 0 Å². The van der Waals surface area contributed by atoms with Gasteiger partial charge in [0.2, 0.25) is 0 Å². The van der Waals surface area contributed by atoms with Crippen LogP contribution < -0.4 is 5.32 Å². The van der Waals surface area contributed by atoms with Crippen molar-refractivity contribution in [2.24, 2.45) is 5.92 Å². The molecular formula is C16H20N2. The number of hydrogen-bond acceptors (Lipinski definition) is 2. The van der Waals surface area contributed by atoms with Gasteiger partial charge in [0.15, 0.2) is 0 Å². The first kappa shape index (κ1) is 11.7. The summed E-state index contributed by atoms with van der Waals surface area (Å²) in [4.78, 5) is 4.46. The highest BCUT2D eigenvalue weighted by Gasteiger charge is 2.22. The summed E-state index contributed by atoms with van der Waals surface area (Å²) in [7, 11) is 0. The Labute approximate surface area is 108 Å². The van der Waals surface area contributed by atoms with Crippen molar-refractivity contribution in [3.8, 4) is 0 Å². The van der Waals surface area contributed by atoms with E-state index in [2.05, 4.69) is 47.6 Å². The van der Waals surface area contributed by atoms with E-state index in [0.29, 0.717) is 5.92 Å². The number of nitrogens with one attached hydrogen (secondary N) is 1. The average Bonchev–Trinajstić information content (AvgIpc) is 2.47. The highest BCUT2D eigenvalue weighted by atomic mass is 14.9. The number of pyridine rings is 1. The van der Waals surface area contributed by atoms with Gasteiger partial charge >= 0.3 is 0 Å². The molecule has 0 saturated carbocycles. The zero-order valence-corrected chi connectivity index (χ0v) is 10.9. The van der Waals surface area contributed by atoms with Crippen LogP contribution >= 0.6 is 0 Å². The second-order valence-corrected chi connectivity index (χ2v) is 5.29. The first-order valence-electron chi connectivity index (χ1n) is 6.90. The first-order valence-corrected chi connectivity index (χ1v) is 6.90. The van der Waals surface area contributed by atoms with Crippen molar-refractivity contribution < 1.29 is 0 Å². The monoisotopic (exact) mass is 240 g/mol. The van der Waals surface area contributed by atoms with Crippen LogP contribution in [0, 0.1) is 5.92 Å². The molecule has 1 aliphatic heterocycles. The minimum atomic E-state index is 0.625. The fourth-order valence-electron chi connectivity index (χ4n) is 3.11. The zero-order chi connectivity index (χ0) is 12.4. The molecule has 2 heterocycles. The minimum absolute atomic E-state index is 0.625. The molecule has 1 aromatic carbocycles. The van der Waals surface area contributed by atoms with Gasteiger partial charge < -0.3 is 5.32 Å². The molecule has 2 heteroatoms. The van der Waals surface area contributed by atoms with Crippen LogP contribution in [0.2, 0.25) is 0 Å². The zero-order valence-electron chi connectivity index (χ0n) is 10.9. The van der Waals surface area contributed by atoms with E-state index in [1.165, 1.54) is 23.8 Å². The van der Waals surface area contributed by atoms with Crippen molar-refractivity contribution in [3.63, 3.8) is 0 Å². The van der Waals surface area contributed by atoms with Crippen molar-refractivity contribution in [1.29, 1.82) is 0 Å². The Morgan fingerprint density at radius 3 is 2.78 bits per heavy atom. The normalized spacial score (nSPS) is 18.9. The lowest BCUT2D eigenvalue weighted by molar-refractivity contribution is 0.331. The van der Waals surface area contributed by atoms with Gasteiger partial charge in [-0.15, -0.1) is 0 Å². The number of piperidine rings is 1. The molecule has 2 nitrogen and oxygen atoms in total. The number of rotatable bonds is 2. The molecule has 1 unspecified atom stereocenters. The van der Waals surface area contributed by atoms with Gasteiger partial charge in [-0.1, -0.05) is 25.1 Å². The van der Waals surface area contributed by atoms with Gasteiger partial charge in [0, 0.05) is 11.6 Å². The van der Waals surface area contributed by atoms with E-state index in [1.807, 2.05) is 6.20 Å². The lowest BCUT2D eigenvalue weighted by Crippen LogP contribution is -2.30. The van der Waals surface area contributed by atoms with E-state index in [-0.39, 0.29) is 0 Å². The summed E-state index contributed by atoms with van der Waals surface area (Å²) in [5.74, 6) is 1.43. The van der Waals surface area contributed by atoms with Crippen LogP contribution in [0.3, 0.4) is 0 Å². The molecule has 1 saturated heterocycles. The summed E-state index contributed by atoms with van der Waals surface area (Å²) < 4.78 is 0. The van der Waals surface area contributed by atoms with E-state index in [9.17, 15) is 0 Å². The van der Waals surface area contributed by atoms with Gasteiger partial charge in [0.25, 0.3) is 0 Å². The van der Waals surface area contributed by atoms with Crippen molar-refractivity contribution in [2.45, 2.75) is 25.7 Å². The van der Waals surface area contributed by atoms with Crippen LogP contribution in [0.15, 0.2) is 36.5 Å². The van der Waals surface area contributed by atoms with Crippen molar-refractivity contribution in [3.05, 3.63) is 42.1 Å². The summed E-state index contributed by atoms with van der Waals surface area (Å²) in [6, 6.07) is 10.7. The Hall–Kier alpha value is -1.41. The predicted octanol–water partition coefficient (Wildman–Crippen LogP) is 3.34. The van der Waals surface area contributed by atoms with E-state index in [1.54, 1.807) is 0 Å². The maximum absolute atomic E-state index is 4.46. The van der Waals surface area contributed by atoms with Crippen molar-refractivity contribution >= 4 is 10.9 Å². The SMILES string of the molecule is CC(c1ccnc2ccccc12)C1CCNCC1. The molecule has 0 spiro atoms. The third kappa shape index (κ3) is 2.13. The Morgan fingerprint density at radius 2 is 1.94 bits per heavy atom. The lowest BCUT2D eigenvalue weighted by atomic mass is 9.81. The van der Waals surface area contributed by atoms with Crippen molar-refractivity contribution in [1.82, 2.24) is 10.3 Å². The molecule has 1 atom stereocenters. The van der Waals surface area contributed by atoms with Crippen LogP contribution in [0.5, 0.6) is 0 Å². The second kappa shape index (κ2) is 5.07. The van der Waals surface area contributed by atoms with E-state index >= 15 is 0 Å². The van der Waals surface area contributed by atoms with Gasteiger partial charge in [-0.05, 0) is 55.5 Å². The summed E-state index contributed by atoms with van der Waals surface area (Å²) in [5.41, 5.74) is 2.59. The number of hydrogen-bond donors (Lipinski definition) is 1. The molecule has 1 aliphatic rings. The second-order valence-electron chi connectivity index (χ2n) is 5.29. The number of nitrogens with zero attached hydrogens (tertiary/aromatic N) is 1.